The molecule has 1 aromatic heterocycles. The number of amides is 1. The first kappa shape index (κ1) is 13.0. The molecular formula is C15H15N3O. The normalized spacial score (nSPS) is 11.8. The molecule has 1 N–H and O–H groups in total. The van der Waals surface area contributed by atoms with Crippen molar-refractivity contribution >= 4 is 22.5 Å². The third kappa shape index (κ3) is 3.29. The second-order valence-electron chi connectivity index (χ2n) is 4.60. The zero-order valence-electron chi connectivity index (χ0n) is 10.8. The lowest BCUT2D eigenvalue weighted by atomic mass is 10.0. The smallest absolute Gasteiger partial charge is 0.224 e. The van der Waals surface area contributed by atoms with Gasteiger partial charge in [-0.2, -0.15) is 5.26 Å². The number of aromatic nitrogens is 1. The van der Waals surface area contributed by atoms with Crippen molar-refractivity contribution in [2.24, 2.45) is 5.92 Å². The van der Waals surface area contributed by atoms with Gasteiger partial charge in [0.2, 0.25) is 5.91 Å². The van der Waals surface area contributed by atoms with E-state index in [9.17, 15) is 4.79 Å². The second kappa shape index (κ2) is 5.96. The Morgan fingerprint density at radius 1 is 1.42 bits per heavy atom. The Balaban J connectivity index is 2.13. The van der Waals surface area contributed by atoms with Crippen LogP contribution in [0.3, 0.4) is 0 Å². The zero-order chi connectivity index (χ0) is 13.7. The Morgan fingerprint density at radius 3 is 3.00 bits per heavy atom. The minimum absolute atomic E-state index is 0.0629. The summed E-state index contributed by atoms with van der Waals surface area (Å²) in [5.41, 5.74) is 1.50. The predicted octanol–water partition coefficient (Wildman–Crippen LogP) is 3.11. The highest BCUT2D eigenvalue weighted by Crippen LogP contribution is 2.21. The Labute approximate surface area is 112 Å². The summed E-state index contributed by atoms with van der Waals surface area (Å²) in [7, 11) is 0. The van der Waals surface area contributed by atoms with Gasteiger partial charge in [0, 0.05) is 24.4 Å². The van der Waals surface area contributed by atoms with Crippen LogP contribution in [0.15, 0.2) is 36.5 Å². The number of carbonyl (C=O) groups excluding carboxylic acids is 1. The van der Waals surface area contributed by atoms with Crippen molar-refractivity contribution in [3.05, 3.63) is 36.5 Å². The fourth-order valence-corrected chi connectivity index (χ4v) is 1.95. The van der Waals surface area contributed by atoms with Crippen molar-refractivity contribution in [2.75, 3.05) is 5.32 Å². The Bertz CT molecular complexity index is 625. The molecule has 2 aromatic rings. The maximum atomic E-state index is 11.9. The zero-order valence-corrected chi connectivity index (χ0v) is 10.8. The van der Waals surface area contributed by atoms with Gasteiger partial charge in [-0.1, -0.05) is 25.1 Å². The van der Waals surface area contributed by atoms with E-state index < -0.39 is 0 Å². The highest BCUT2D eigenvalue weighted by molar-refractivity contribution is 6.00. The number of nitrogens with one attached hydrogen (secondary N) is 1. The van der Waals surface area contributed by atoms with Crippen LogP contribution in [0.5, 0.6) is 0 Å². The number of hydrogen-bond donors (Lipinski definition) is 1. The molecule has 4 nitrogen and oxygen atoms in total. The van der Waals surface area contributed by atoms with E-state index in [2.05, 4.69) is 16.4 Å². The first-order valence-corrected chi connectivity index (χ1v) is 6.21. The Morgan fingerprint density at radius 2 is 2.21 bits per heavy atom. The lowest BCUT2D eigenvalue weighted by Gasteiger charge is -2.10. The van der Waals surface area contributed by atoms with Gasteiger partial charge in [-0.15, -0.1) is 0 Å². The summed E-state index contributed by atoms with van der Waals surface area (Å²) in [5.74, 6) is -0.0196. The molecule has 0 bridgehead atoms. The van der Waals surface area contributed by atoms with Crippen LogP contribution in [0.2, 0.25) is 0 Å². The van der Waals surface area contributed by atoms with E-state index in [1.807, 2.05) is 37.3 Å². The van der Waals surface area contributed by atoms with Gasteiger partial charge in [-0.3, -0.25) is 9.78 Å². The minimum Gasteiger partial charge on any atom is -0.324 e. The SMILES string of the molecule is CC(CC#N)CC(=O)Nc1cccc2cccnc12. The summed E-state index contributed by atoms with van der Waals surface area (Å²) >= 11 is 0. The molecule has 0 saturated heterocycles. The largest absolute Gasteiger partial charge is 0.324 e. The summed E-state index contributed by atoms with van der Waals surface area (Å²) in [6.45, 7) is 1.89. The molecule has 1 atom stereocenters. The van der Waals surface area contributed by atoms with Gasteiger partial charge >= 0.3 is 0 Å². The molecule has 1 unspecified atom stereocenters. The third-order valence-electron chi connectivity index (χ3n) is 2.88. The van der Waals surface area contributed by atoms with Crippen LogP contribution in [0.4, 0.5) is 5.69 Å². The Hall–Kier alpha value is -2.41. The molecule has 1 amide bonds. The van der Waals surface area contributed by atoms with Crippen molar-refractivity contribution in [3.8, 4) is 6.07 Å². The van der Waals surface area contributed by atoms with Crippen LogP contribution < -0.4 is 5.32 Å². The second-order valence-corrected chi connectivity index (χ2v) is 4.60. The van der Waals surface area contributed by atoms with E-state index in [4.69, 9.17) is 5.26 Å². The fraction of sp³-hybridized carbons (Fsp3) is 0.267. The molecule has 2 rings (SSSR count). The van der Waals surface area contributed by atoms with E-state index >= 15 is 0 Å². The quantitative estimate of drug-likeness (QED) is 0.910. The highest BCUT2D eigenvalue weighted by Gasteiger charge is 2.10. The van der Waals surface area contributed by atoms with Crippen LogP contribution in [-0.4, -0.2) is 10.9 Å². The molecule has 96 valence electrons. The van der Waals surface area contributed by atoms with Crippen molar-refractivity contribution in [1.29, 1.82) is 5.26 Å². The number of rotatable bonds is 4. The number of benzene rings is 1. The number of nitriles is 1. The molecule has 0 aliphatic heterocycles. The van der Waals surface area contributed by atoms with Gasteiger partial charge in [0.25, 0.3) is 0 Å². The van der Waals surface area contributed by atoms with Gasteiger partial charge in [-0.05, 0) is 18.1 Å². The van der Waals surface area contributed by atoms with Crippen molar-refractivity contribution in [3.63, 3.8) is 0 Å². The lowest BCUT2D eigenvalue weighted by Crippen LogP contribution is -2.15. The predicted molar refractivity (Wildman–Crippen MR) is 74.4 cm³/mol. The number of hydrogen-bond acceptors (Lipinski definition) is 3. The maximum absolute atomic E-state index is 11.9. The molecule has 0 saturated carbocycles. The van der Waals surface area contributed by atoms with Crippen molar-refractivity contribution in [2.45, 2.75) is 19.8 Å². The summed E-state index contributed by atoms with van der Waals surface area (Å²) in [6.07, 6.45) is 2.44. The number of fused-ring (bicyclic) bond motifs is 1. The van der Waals surface area contributed by atoms with Crippen LogP contribution >= 0.6 is 0 Å². The van der Waals surface area contributed by atoms with E-state index in [-0.39, 0.29) is 11.8 Å². The van der Waals surface area contributed by atoms with E-state index in [0.717, 1.165) is 10.9 Å². The van der Waals surface area contributed by atoms with Crippen molar-refractivity contribution < 1.29 is 4.79 Å². The molecular weight excluding hydrogens is 238 g/mol. The standard InChI is InChI=1S/C15H15N3O/c1-11(7-8-16)10-14(19)18-13-6-2-4-12-5-3-9-17-15(12)13/h2-6,9,11H,7,10H2,1H3,(H,18,19). The number of nitrogens with zero attached hydrogens (tertiary/aromatic N) is 2. The average Bonchev–Trinajstić information content (AvgIpc) is 2.39. The van der Waals surface area contributed by atoms with E-state index in [1.165, 1.54) is 0 Å². The van der Waals surface area contributed by atoms with Crippen LogP contribution in [-0.2, 0) is 4.79 Å². The van der Waals surface area contributed by atoms with Crippen LogP contribution in [0.25, 0.3) is 10.9 Å². The number of carbonyl (C=O) groups is 1. The van der Waals surface area contributed by atoms with Crippen molar-refractivity contribution in [1.82, 2.24) is 4.98 Å². The maximum Gasteiger partial charge on any atom is 0.224 e. The van der Waals surface area contributed by atoms with Gasteiger partial charge in [0.15, 0.2) is 0 Å². The summed E-state index contributed by atoms with van der Waals surface area (Å²) in [5, 5.41) is 12.4. The first-order valence-electron chi connectivity index (χ1n) is 6.21. The van der Waals surface area contributed by atoms with Gasteiger partial charge in [0.1, 0.15) is 0 Å². The molecule has 1 aromatic carbocycles. The number of para-hydroxylation sites is 1. The molecule has 19 heavy (non-hydrogen) atoms. The van der Waals surface area contributed by atoms with E-state index in [1.54, 1.807) is 6.20 Å². The monoisotopic (exact) mass is 253 g/mol. The van der Waals surface area contributed by atoms with Crippen LogP contribution in [0.1, 0.15) is 19.8 Å². The molecule has 0 spiro atoms. The van der Waals surface area contributed by atoms with E-state index in [0.29, 0.717) is 18.5 Å². The minimum atomic E-state index is -0.0825. The molecule has 0 aliphatic rings. The number of anilines is 1. The average molecular weight is 253 g/mol. The van der Waals surface area contributed by atoms with Gasteiger partial charge < -0.3 is 5.32 Å². The fourth-order valence-electron chi connectivity index (χ4n) is 1.95. The first-order chi connectivity index (χ1) is 9.20. The highest BCUT2D eigenvalue weighted by atomic mass is 16.1. The molecule has 0 fully saturated rings. The molecule has 4 heteroatoms. The molecule has 0 radical (unpaired) electrons. The third-order valence-corrected chi connectivity index (χ3v) is 2.88. The number of pyridine rings is 1. The topological polar surface area (TPSA) is 65.8 Å². The lowest BCUT2D eigenvalue weighted by molar-refractivity contribution is -0.116. The Kier molecular flexibility index (Phi) is 4.09. The summed E-state index contributed by atoms with van der Waals surface area (Å²) < 4.78 is 0. The molecule has 1 heterocycles. The summed E-state index contributed by atoms with van der Waals surface area (Å²) in [4.78, 5) is 16.2. The van der Waals surface area contributed by atoms with Gasteiger partial charge in [-0.25, -0.2) is 0 Å². The van der Waals surface area contributed by atoms with Crippen LogP contribution in [0, 0.1) is 17.2 Å². The van der Waals surface area contributed by atoms with Gasteiger partial charge in [0.05, 0.1) is 17.3 Å². The molecule has 0 aliphatic carbocycles. The summed E-state index contributed by atoms with van der Waals surface area (Å²) in [6, 6.07) is 11.6.